The zero-order valence-corrected chi connectivity index (χ0v) is 11.6. The molecule has 4 heteroatoms. The Kier molecular flexibility index (Phi) is 5.31. The summed E-state index contributed by atoms with van der Waals surface area (Å²) in [6, 6.07) is 7.18. The number of nitrogens with zero attached hydrogens (tertiary/aromatic N) is 2. The molecule has 0 bridgehead atoms. The van der Waals surface area contributed by atoms with Gasteiger partial charge < -0.3 is 10.0 Å². The molecule has 1 aliphatic rings. The number of rotatable bonds is 5. The lowest BCUT2D eigenvalue weighted by molar-refractivity contribution is 0.0941. The van der Waals surface area contributed by atoms with Crippen molar-refractivity contribution in [3.05, 3.63) is 35.6 Å². The summed E-state index contributed by atoms with van der Waals surface area (Å²) in [4.78, 5) is 4.66. The number of benzene rings is 1. The Morgan fingerprint density at radius 1 is 1.26 bits per heavy atom. The lowest BCUT2D eigenvalue weighted by Crippen LogP contribution is -2.44. The molecule has 1 aromatic rings. The Hall–Kier alpha value is -0.970. The van der Waals surface area contributed by atoms with E-state index in [0.29, 0.717) is 12.6 Å². The van der Waals surface area contributed by atoms with E-state index in [2.05, 4.69) is 16.8 Å². The predicted octanol–water partition coefficient (Wildman–Crippen LogP) is 1.71. The van der Waals surface area contributed by atoms with E-state index in [1.54, 1.807) is 0 Å². The third-order valence-corrected chi connectivity index (χ3v) is 3.89. The number of piperidine rings is 1. The normalized spacial score (nSPS) is 18.1. The molecule has 0 spiro atoms. The minimum atomic E-state index is -0.197. The van der Waals surface area contributed by atoms with Crippen molar-refractivity contribution in [2.45, 2.75) is 25.4 Å². The summed E-state index contributed by atoms with van der Waals surface area (Å²) in [6.07, 6.45) is 2.27. The highest BCUT2D eigenvalue weighted by Crippen LogP contribution is 2.18. The monoisotopic (exact) mass is 266 g/mol. The molecule has 19 heavy (non-hydrogen) atoms. The summed E-state index contributed by atoms with van der Waals surface area (Å²) in [6.45, 7) is 3.86. The third-order valence-electron chi connectivity index (χ3n) is 3.89. The average molecular weight is 266 g/mol. The van der Waals surface area contributed by atoms with E-state index in [1.807, 2.05) is 12.1 Å². The Morgan fingerprint density at radius 2 is 1.89 bits per heavy atom. The fourth-order valence-corrected chi connectivity index (χ4v) is 2.70. The fraction of sp³-hybridized carbons (Fsp3) is 0.600. The van der Waals surface area contributed by atoms with Crippen LogP contribution >= 0.6 is 0 Å². The average Bonchev–Trinajstić information content (AvgIpc) is 2.42. The van der Waals surface area contributed by atoms with Gasteiger partial charge in [-0.1, -0.05) is 12.1 Å². The SMILES string of the molecule is CN1CCC(N(CCO)Cc2ccc(F)cc2)CC1. The lowest BCUT2D eigenvalue weighted by atomic mass is 10.0. The molecule has 106 valence electrons. The molecule has 0 aliphatic carbocycles. The van der Waals surface area contributed by atoms with Gasteiger partial charge in [-0.15, -0.1) is 0 Å². The number of hydrogen-bond donors (Lipinski definition) is 1. The Morgan fingerprint density at radius 3 is 2.47 bits per heavy atom. The summed E-state index contributed by atoms with van der Waals surface area (Å²) >= 11 is 0. The van der Waals surface area contributed by atoms with Gasteiger partial charge in [0.05, 0.1) is 6.61 Å². The zero-order valence-electron chi connectivity index (χ0n) is 11.6. The molecule has 2 rings (SSSR count). The van der Waals surface area contributed by atoms with Gasteiger partial charge in [0.15, 0.2) is 0 Å². The quantitative estimate of drug-likeness (QED) is 0.879. The largest absolute Gasteiger partial charge is 0.395 e. The van der Waals surface area contributed by atoms with Gasteiger partial charge in [-0.3, -0.25) is 4.90 Å². The molecule has 0 amide bonds. The molecule has 1 saturated heterocycles. The van der Waals surface area contributed by atoms with Crippen molar-refractivity contribution in [1.29, 1.82) is 0 Å². The molecule has 3 nitrogen and oxygen atoms in total. The predicted molar refractivity (Wildman–Crippen MR) is 74.4 cm³/mol. The number of halogens is 1. The fourth-order valence-electron chi connectivity index (χ4n) is 2.70. The molecule has 1 aliphatic heterocycles. The van der Waals surface area contributed by atoms with Crippen molar-refractivity contribution < 1.29 is 9.50 Å². The topological polar surface area (TPSA) is 26.7 Å². The maximum atomic E-state index is 12.9. The smallest absolute Gasteiger partial charge is 0.123 e. The third kappa shape index (κ3) is 4.27. The standard InChI is InChI=1S/C15H23FN2O/c1-17-8-6-15(7-9-17)18(10-11-19)12-13-2-4-14(16)5-3-13/h2-5,15,19H,6-12H2,1H3. The minimum absolute atomic E-state index is 0.174. The van der Waals surface area contributed by atoms with Crippen LogP contribution in [-0.4, -0.2) is 54.2 Å². The maximum absolute atomic E-state index is 12.9. The first-order valence-electron chi connectivity index (χ1n) is 6.97. The first-order chi connectivity index (χ1) is 9.19. The van der Waals surface area contributed by atoms with E-state index in [1.165, 1.54) is 12.1 Å². The molecule has 1 fully saturated rings. The summed E-state index contributed by atoms with van der Waals surface area (Å²) in [7, 11) is 2.15. The van der Waals surface area contributed by atoms with Crippen LogP contribution in [0.4, 0.5) is 4.39 Å². The van der Waals surface area contributed by atoms with Gasteiger partial charge in [-0.25, -0.2) is 4.39 Å². The van der Waals surface area contributed by atoms with Crippen LogP contribution < -0.4 is 0 Å². The van der Waals surface area contributed by atoms with Gasteiger partial charge in [0.2, 0.25) is 0 Å². The van der Waals surface area contributed by atoms with Crippen molar-refractivity contribution in [3.63, 3.8) is 0 Å². The van der Waals surface area contributed by atoms with Crippen LogP contribution in [0.2, 0.25) is 0 Å². The molecule has 0 radical (unpaired) electrons. The summed E-state index contributed by atoms with van der Waals surface area (Å²) < 4.78 is 12.9. The summed E-state index contributed by atoms with van der Waals surface area (Å²) in [5.74, 6) is -0.197. The van der Waals surface area contributed by atoms with Gasteiger partial charge in [-0.2, -0.15) is 0 Å². The highest BCUT2D eigenvalue weighted by molar-refractivity contribution is 5.16. The first-order valence-corrected chi connectivity index (χ1v) is 6.97. The van der Waals surface area contributed by atoms with Crippen molar-refractivity contribution in [2.24, 2.45) is 0 Å². The van der Waals surface area contributed by atoms with E-state index in [0.717, 1.165) is 38.0 Å². The van der Waals surface area contributed by atoms with Gasteiger partial charge >= 0.3 is 0 Å². The minimum Gasteiger partial charge on any atom is -0.395 e. The van der Waals surface area contributed by atoms with E-state index >= 15 is 0 Å². The van der Waals surface area contributed by atoms with E-state index in [4.69, 9.17) is 0 Å². The van der Waals surface area contributed by atoms with Crippen LogP contribution in [-0.2, 0) is 6.54 Å². The molecular weight excluding hydrogens is 243 g/mol. The van der Waals surface area contributed by atoms with Gasteiger partial charge in [0.25, 0.3) is 0 Å². The van der Waals surface area contributed by atoms with Gasteiger partial charge in [0, 0.05) is 19.1 Å². The second-order valence-corrected chi connectivity index (χ2v) is 5.35. The highest BCUT2D eigenvalue weighted by Gasteiger charge is 2.22. The van der Waals surface area contributed by atoms with Crippen LogP contribution in [0.5, 0.6) is 0 Å². The molecule has 0 unspecified atom stereocenters. The van der Waals surface area contributed by atoms with Crippen molar-refractivity contribution in [3.8, 4) is 0 Å². The van der Waals surface area contributed by atoms with Gasteiger partial charge in [-0.05, 0) is 50.7 Å². The Labute approximate surface area is 114 Å². The zero-order chi connectivity index (χ0) is 13.7. The lowest BCUT2D eigenvalue weighted by Gasteiger charge is -2.37. The molecular formula is C15H23FN2O. The highest BCUT2D eigenvalue weighted by atomic mass is 19.1. The second kappa shape index (κ2) is 6.98. The van der Waals surface area contributed by atoms with E-state index < -0.39 is 0 Å². The van der Waals surface area contributed by atoms with Crippen LogP contribution in [0.3, 0.4) is 0 Å². The summed E-state index contributed by atoms with van der Waals surface area (Å²) in [5, 5.41) is 9.23. The molecule has 0 saturated carbocycles. The molecule has 1 heterocycles. The van der Waals surface area contributed by atoms with Crippen molar-refractivity contribution in [2.75, 3.05) is 33.3 Å². The Bertz CT molecular complexity index is 374. The van der Waals surface area contributed by atoms with Gasteiger partial charge in [0.1, 0.15) is 5.82 Å². The van der Waals surface area contributed by atoms with Crippen LogP contribution in [0.1, 0.15) is 18.4 Å². The Balaban J connectivity index is 1.97. The second-order valence-electron chi connectivity index (χ2n) is 5.35. The molecule has 1 aromatic carbocycles. The number of likely N-dealkylation sites (tertiary alicyclic amines) is 1. The number of aliphatic hydroxyl groups is 1. The number of aliphatic hydroxyl groups excluding tert-OH is 1. The molecule has 0 aromatic heterocycles. The van der Waals surface area contributed by atoms with Crippen LogP contribution in [0.25, 0.3) is 0 Å². The van der Waals surface area contributed by atoms with Crippen molar-refractivity contribution >= 4 is 0 Å². The van der Waals surface area contributed by atoms with Crippen LogP contribution in [0, 0.1) is 5.82 Å². The summed E-state index contributed by atoms with van der Waals surface area (Å²) in [5.41, 5.74) is 1.11. The molecule has 1 N–H and O–H groups in total. The molecule has 0 atom stereocenters. The van der Waals surface area contributed by atoms with Crippen molar-refractivity contribution in [1.82, 2.24) is 9.80 Å². The van der Waals surface area contributed by atoms with Crippen LogP contribution in [0.15, 0.2) is 24.3 Å². The maximum Gasteiger partial charge on any atom is 0.123 e. The van der Waals surface area contributed by atoms with E-state index in [-0.39, 0.29) is 12.4 Å². The first kappa shape index (κ1) is 14.4. The van der Waals surface area contributed by atoms with E-state index in [9.17, 15) is 9.50 Å². The number of hydrogen-bond acceptors (Lipinski definition) is 3.